The van der Waals surface area contributed by atoms with Gasteiger partial charge in [-0.3, -0.25) is 9.36 Å². The molecular weight excluding hydrogens is 380 g/mol. The van der Waals surface area contributed by atoms with E-state index in [2.05, 4.69) is 40.3 Å². The van der Waals surface area contributed by atoms with Crippen LogP contribution in [0.1, 0.15) is 30.0 Å². The number of aromatic nitrogens is 3. The summed E-state index contributed by atoms with van der Waals surface area (Å²) in [5.41, 5.74) is 3.59. The fourth-order valence-corrected chi connectivity index (χ4v) is 4.52. The summed E-state index contributed by atoms with van der Waals surface area (Å²) >= 11 is 1.41. The predicted molar refractivity (Wildman–Crippen MR) is 117 cm³/mol. The third kappa shape index (κ3) is 4.43. The minimum Gasteiger partial charge on any atom is -0.349 e. The average molecular weight is 405 g/mol. The molecule has 0 saturated carbocycles. The molecular formula is C23H24N4OS. The summed E-state index contributed by atoms with van der Waals surface area (Å²) in [6, 6.07) is 18.4. The SMILES string of the molecule is C=CCn1c(SCC(=O)N[C@H]2CCCc3ccccc32)nnc1-c1ccccc1. The quantitative estimate of drug-likeness (QED) is 0.468. The molecule has 3 aromatic rings. The second kappa shape index (κ2) is 9.09. The number of aryl methyl sites for hydroxylation is 1. The number of rotatable bonds is 7. The van der Waals surface area contributed by atoms with Crippen LogP contribution in [-0.4, -0.2) is 26.4 Å². The van der Waals surface area contributed by atoms with Gasteiger partial charge in [-0.25, -0.2) is 0 Å². The number of carbonyl (C=O) groups excluding carboxylic acids is 1. The minimum atomic E-state index is 0.0196. The first-order valence-electron chi connectivity index (χ1n) is 9.85. The van der Waals surface area contributed by atoms with Gasteiger partial charge in [-0.05, 0) is 30.4 Å². The van der Waals surface area contributed by atoms with Gasteiger partial charge in [0.2, 0.25) is 5.91 Å². The highest BCUT2D eigenvalue weighted by Crippen LogP contribution is 2.30. The van der Waals surface area contributed by atoms with Crippen molar-refractivity contribution in [2.75, 3.05) is 5.75 Å². The molecule has 29 heavy (non-hydrogen) atoms. The molecule has 1 atom stereocenters. The van der Waals surface area contributed by atoms with Gasteiger partial charge in [0.1, 0.15) is 0 Å². The van der Waals surface area contributed by atoms with E-state index < -0.39 is 0 Å². The van der Waals surface area contributed by atoms with Crippen LogP contribution in [0.25, 0.3) is 11.4 Å². The third-order valence-corrected chi connectivity index (χ3v) is 6.06. The molecule has 1 aliphatic carbocycles. The van der Waals surface area contributed by atoms with Crippen molar-refractivity contribution in [1.82, 2.24) is 20.1 Å². The Kier molecular flexibility index (Phi) is 6.10. The summed E-state index contributed by atoms with van der Waals surface area (Å²) in [5.74, 6) is 1.11. The number of allylic oxidation sites excluding steroid dienone is 1. The van der Waals surface area contributed by atoms with Gasteiger partial charge in [0, 0.05) is 12.1 Å². The van der Waals surface area contributed by atoms with Gasteiger partial charge in [-0.15, -0.1) is 16.8 Å². The fourth-order valence-electron chi connectivity index (χ4n) is 3.76. The van der Waals surface area contributed by atoms with Crippen LogP contribution in [0.2, 0.25) is 0 Å². The van der Waals surface area contributed by atoms with Crippen molar-refractivity contribution in [1.29, 1.82) is 0 Å². The van der Waals surface area contributed by atoms with Crippen molar-refractivity contribution >= 4 is 17.7 Å². The zero-order chi connectivity index (χ0) is 20.1. The van der Waals surface area contributed by atoms with Crippen molar-refractivity contribution < 1.29 is 4.79 Å². The van der Waals surface area contributed by atoms with Gasteiger partial charge in [-0.2, -0.15) is 0 Å². The molecule has 0 bridgehead atoms. The Morgan fingerprint density at radius 2 is 1.97 bits per heavy atom. The van der Waals surface area contributed by atoms with Gasteiger partial charge in [0.25, 0.3) is 0 Å². The molecule has 0 unspecified atom stereocenters. The van der Waals surface area contributed by atoms with Crippen molar-refractivity contribution in [2.45, 2.75) is 37.0 Å². The number of carbonyl (C=O) groups is 1. The molecule has 4 rings (SSSR count). The van der Waals surface area contributed by atoms with Gasteiger partial charge < -0.3 is 5.32 Å². The first kappa shape index (κ1) is 19.5. The number of nitrogens with zero attached hydrogens (tertiary/aromatic N) is 3. The van der Waals surface area contributed by atoms with Gasteiger partial charge in [0.15, 0.2) is 11.0 Å². The monoisotopic (exact) mass is 404 g/mol. The molecule has 2 aromatic carbocycles. The molecule has 0 radical (unpaired) electrons. The molecule has 148 valence electrons. The summed E-state index contributed by atoms with van der Waals surface area (Å²) in [7, 11) is 0. The molecule has 1 N–H and O–H groups in total. The molecule has 6 heteroatoms. The zero-order valence-electron chi connectivity index (χ0n) is 16.3. The lowest BCUT2D eigenvalue weighted by Gasteiger charge is -2.26. The Hall–Kier alpha value is -2.86. The highest BCUT2D eigenvalue weighted by atomic mass is 32.2. The van der Waals surface area contributed by atoms with Crippen LogP contribution in [0.5, 0.6) is 0 Å². The van der Waals surface area contributed by atoms with E-state index >= 15 is 0 Å². The van der Waals surface area contributed by atoms with E-state index in [1.807, 2.05) is 47.0 Å². The van der Waals surface area contributed by atoms with Crippen LogP contribution in [0, 0.1) is 0 Å². The largest absolute Gasteiger partial charge is 0.349 e. The third-order valence-electron chi connectivity index (χ3n) is 5.10. The Bertz CT molecular complexity index is 999. The maximum absolute atomic E-state index is 12.6. The first-order chi connectivity index (χ1) is 14.3. The average Bonchev–Trinajstić information content (AvgIpc) is 3.16. The Morgan fingerprint density at radius 3 is 2.79 bits per heavy atom. The molecule has 0 aliphatic heterocycles. The molecule has 0 saturated heterocycles. The second-order valence-corrected chi connectivity index (χ2v) is 8.01. The topological polar surface area (TPSA) is 59.8 Å². The van der Waals surface area contributed by atoms with E-state index in [9.17, 15) is 4.79 Å². The predicted octanol–water partition coefficient (Wildman–Crippen LogP) is 4.42. The number of hydrogen-bond acceptors (Lipinski definition) is 4. The van der Waals surface area contributed by atoms with Crippen molar-refractivity contribution in [2.24, 2.45) is 0 Å². The summed E-state index contributed by atoms with van der Waals surface area (Å²) in [6.07, 6.45) is 4.99. The summed E-state index contributed by atoms with van der Waals surface area (Å²) in [5, 5.41) is 12.6. The smallest absolute Gasteiger partial charge is 0.230 e. The van der Waals surface area contributed by atoms with Crippen molar-refractivity contribution in [3.8, 4) is 11.4 Å². The number of hydrogen-bond donors (Lipinski definition) is 1. The van der Waals surface area contributed by atoms with Gasteiger partial charge in [0.05, 0.1) is 11.8 Å². The molecule has 1 aliphatic rings. The number of benzene rings is 2. The van der Waals surface area contributed by atoms with Gasteiger partial charge in [-0.1, -0.05) is 72.4 Å². The standard InChI is InChI=1S/C23H24N4OS/c1-2-15-27-22(18-10-4-3-5-11-18)25-26-23(27)29-16-21(28)24-20-14-8-12-17-9-6-7-13-19(17)20/h2-7,9-11,13,20H,1,8,12,14-16H2,(H,24,28)/t20-/m0/s1. The lowest BCUT2D eigenvalue weighted by molar-refractivity contribution is -0.119. The van der Waals surface area contributed by atoms with E-state index in [-0.39, 0.29) is 11.9 Å². The number of nitrogens with one attached hydrogen (secondary N) is 1. The van der Waals surface area contributed by atoms with Crippen molar-refractivity contribution in [3.05, 3.63) is 78.4 Å². The van der Waals surface area contributed by atoms with Crippen LogP contribution >= 0.6 is 11.8 Å². The summed E-state index contributed by atoms with van der Waals surface area (Å²) in [6.45, 7) is 4.43. The van der Waals surface area contributed by atoms with Crippen LogP contribution in [0.15, 0.2) is 72.4 Å². The molecule has 1 amide bonds. The number of amides is 1. The molecule has 1 heterocycles. The highest BCUT2D eigenvalue weighted by molar-refractivity contribution is 7.99. The normalized spacial score (nSPS) is 15.5. The lowest BCUT2D eigenvalue weighted by atomic mass is 9.88. The summed E-state index contributed by atoms with van der Waals surface area (Å²) < 4.78 is 2.00. The molecule has 0 fully saturated rings. The maximum atomic E-state index is 12.6. The Balaban J connectivity index is 1.44. The molecule has 1 aromatic heterocycles. The van der Waals surface area contributed by atoms with Crippen LogP contribution in [0.3, 0.4) is 0 Å². The highest BCUT2D eigenvalue weighted by Gasteiger charge is 2.22. The Morgan fingerprint density at radius 1 is 1.17 bits per heavy atom. The van der Waals surface area contributed by atoms with E-state index in [0.29, 0.717) is 12.3 Å². The Labute approximate surface area is 175 Å². The van der Waals surface area contributed by atoms with E-state index in [1.54, 1.807) is 0 Å². The second-order valence-electron chi connectivity index (χ2n) is 7.07. The zero-order valence-corrected chi connectivity index (χ0v) is 17.1. The number of fused-ring (bicyclic) bond motifs is 1. The van der Waals surface area contributed by atoms with Crippen LogP contribution in [0.4, 0.5) is 0 Å². The van der Waals surface area contributed by atoms with Crippen LogP contribution < -0.4 is 5.32 Å². The molecule has 0 spiro atoms. The number of thioether (sulfide) groups is 1. The van der Waals surface area contributed by atoms with Crippen molar-refractivity contribution in [3.63, 3.8) is 0 Å². The van der Waals surface area contributed by atoms with Crippen LogP contribution in [-0.2, 0) is 17.8 Å². The minimum absolute atomic E-state index is 0.0196. The van der Waals surface area contributed by atoms with Gasteiger partial charge >= 0.3 is 0 Å². The lowest BCUT2D eigenvalue weighted by Crippen LogP contribution is -2.32. The fraction of sp³-hybridized carbons (Fsp3) is 0.261. The summed E-state index contributed by atoms with van der Waals surface area (Å²) in [4.78, 5) is 12.6. The first-order valence-corrected chi connectivity index (χ1v) is 10.8. The maximum Gasteiger partial charge on any atom is 0.230 e. The van der Waals surface area contributed by atoms with E-state index in [1.165, 1.54) is 22.9 Å². The van der Waals surface area contributed by atoms with E-state index in [0.717, 1.165) is 35.8 Å². The van der Waals surface area contributed by atoms with E-state index in [4.69, 9.17) is 0 Å². The molecule has 5 nitrogen and oxygen atoms in total.